The SMILES string of the molecule is CN(C[C@@H](CCN1CCC(c2ccccc2O)CC1)c1ccc(Cl)c(Cl)c1)C(=O)c1ccccc1.Cl. The Kier molecular flexibility index (Phi) is 10.5. The third kappa shape index (κ3) is 7.17. The molecule has 0 bridgehead atoms. The van der Waals surface area contributed by atoms with Crippen molar-refractivity contribution in [2.45, 2.75) is 31.1 Å². The molecule has 0 saturated carbocycles. The molecule has 0 aromatic heterocycles. The zero-order valence-corrected chi connectivity index (χ0v) is 22.8. The summed E-state index contributed by atoms with van der Waals surface area (Å²) in [7, 11) is 1.86. The highest BCUT2D eigenvalue weighted by Crippen LogP contribution is 2.34. The number of hydrogen-bond donors (Lipinski definition) is 1. The number of rotatable bonds is 8. The Balaban J connectivity index is 0.00000361. The van der Waals surface area contributed by atoms with Crippen LogP contribution in [0.2, 0.25) is 10.0 Å². The van der Waals surface area contributed by atoms with Crippen LogP contribution in [0, 0.1) is 0 Å². The molecule has 0 unspecified atom stereocenters. The van der Waals surface area contributed by atoms with Gasteiger partial charge in [0.15, 0.2) is 0 Å². The molecule has 7 heteroatoms. The molecule has 3 aromatic rings. The molecule has 0 radical (unpaired) electrons. The van der Waals surface area contributed by atoms with Crippen LogP contribution in [-0.2, 0) is 0 Å². The maximum atomic E-state index is 13.0. The van der Waals surface area contributed by atoms with E-state index in [-0.39, 0.29) is 24.2 Å². The number of carbonyl (C=O) groups is 1. The molecular weight excluding hydrogens is 515 g/mol. The van der Waals surface area contributed by atoms with Gasteiger partial charge in [-0.25, -0.2) is 0 Å². The van der Waals surface area contributed by atoms with Crippen LogP contribution in [0.3, 0.4) is 0 Å². The van der Waals surface area contributed by atoms with E-state index in [9.17, 15) is 9.90 Å². The van der Waals surface area contributed by atoms with Gasteiger partial charge >= 0.3 is 0 Å². The number of hydrogen-bond acceptors (Lipinski definition) is 3. The average Bonchev–Trinajstić information content (AvgIpc) is 2.89. The van der Waals surface area contributed by atoms with E-state index < -0.39 is 0 Å². The molecule has 192 valence electrons. The second-order valence-corrected chi connectivity index (χ2v) is 10.2. The lowest BCUT2D eigenvalue weighted by molar-refractivity contribution is 0.0781. The molecular formula is C29H33Cl3N2O2. The van der Waals surface area contributed by atoms with Gasteiger partial charge in [-0.3, -0.25) is 4.79 Å². The molecule has 3 aromatic carbocycles. The summed E-state index contributed by atoms with van der Waals surface area (Å²) in [6.07, 6.45) is 2.97. The molecule has 1 fully saturated rings. The normalized spacial score (nSPS) is 15.2. The van der Waals surface area contributed by atoms with Crippen LogP contribution in [0.1, 0.15) is 52.6 Å². The molecule has 1 aliphatic rings. The van der Waals surface area contributed by atoms with Crippen LogP contribution in [0.25, 0.3) is 0 Å². The van der Waals surface area contributed by atoms with Gasteiger partial charge in [0, 0.05) is 25.1 Å². The summed E-state index contributed by atoms with van der Waals surface area (Å²) >= 11 is 12.5. The zero-order valence-electron chi connectivity index (χ0n) is 20.4. The van der Waals surface area contributed by atoms with Crippen LogP contribution >= 0.6 is 35.6 Å². The second kappa shape index (κ2) is 13.3. The number of para-hydroxylation sites is 1. The van der Waals surface area contributed by atoms with Gasteiger partial charge in [0.05, 0.1) is 10.0 Å². The molecule has 1 aliphatic heterocycles. The van der Waals surface area contributed by atoms with E-state index >= 15 is 0 Å². The maximum absolute atomic E-state index is 13.0. The number of piperidine rings is 1. The number of nitrogens with zero attached hydrogens (tertiary/aromatic N) is 2. The molecule has 1 atom stereocenters. The lowest BCUT2D eigenvalue weighted by Gasteiger charge is -2.34. The summed E-state index contributed by atoms with van der Waals surface area (Å²) in [5.74, 6) is 0.946. The zero-order chi connectivity index (χ0) is 24.8. The first-order valence-corrected chi connectivity index (χ1v) is 12.9. The van der Waals surface area contributed by atoms with Gasteiger partial charge in [-0.05, 0) is 86.3 Å². The number of aromatic hydroxyl groups is 1. The summed E-state index contributed by atoms with van der Waals surface area (Å²) in [6, 6.07) is 22.8. The fourth-order valence-corrected chi connectivity index (χ4v) is 5.29. The van der Waals surface area contributed by atoms with Crippen LogP contribution in [0.5, 0.6) is 5.75 Å². The number of likely N-dealkylation sites (N-methyl/N-ethyl adjacent to an activating group) is 1. The summed E-state index contributed by atoms with van der Waals surface area (Å²) in [4.78, 5) is 17.3. The average molecular weight is 548 g/mol. The molecule has 1 N–H and O–H groups in total. The first-order chi connectivity index (χ1) is 16.9. The van der Waals surface area contributed by atoms with E-state index in [1.54, 1.807) is 11.0 Å². The van der Waals surface area contributed by atoms with E-state index in [4.69, 9.17) is 23.2 Å². The van der Waals surface area contributed by atoms with Crippen molar-refractivity contribution in [3.8, 4) is 5.75 Å². The Hall–Kier alpha value is -2.24. The fraction of sp³-hybridized carbons (Fsp3) is 0.345. The number of phenols is 1. The van der Waals surface area contributed by atoms with Crippen LogP contribution < -0.4 is 0 Å². The van der Waals surface area contributed by atoms with Gasteiger partial charge in [-0.2, -0.15) is 0 Å². The quantitative estimate of drug-likeness (QED) is 0.323. The molecule has 1 amide bonds. The molecule has 36 heavy (non-hydrogen) atoms. The Morgan fingerprint density at radius 2 is 1.67 bits per heavy atom. The molecule has 4 rings (SSSR count). The van der Waals surface area contributed by atoms with Crippen molar-refractivity contribution >= 4 is 41.5 Å². The monoisotopic (exact) mass is 546 g/mol. The smallest absolute Gasteiger partial charge is 0.253 e. The van der Waals surface area contributed by atoms with Gasteiger partial charge in [0.2, 0.25) is 0 Å². The molecule has 0 aliphatic carbocycles. The summed E-state index contributed by atoms with van der Waals surface area (Å²) in [5, 5.41) is 11.3. The largest absolute Gasteiger partial charge is 0.508 e. The number of amides is 1. The fourth-order valence-electron chi connectivity index (χ4n) is 4.98. The van der Waals surface area contributed by atoms with E-state index in [1.807, 2.05) is 73.8 Å². The minimum atomic E-state index is 0. The number of halogens is 3. The lowest BCUT2D eigenvalue weighted by atomic mass is 9.88. The highest BCUT2D eigenvalue weighted by atomic mass is 35.5. The van der Waals surface area contributed by atoms with Crippen molar-refractivity contribution in [2.24, 2.45) is 0 Å². The highest BCUT2D eigenvalue weighted by molar-refractivity contribution is 6.42. The van der Waals surface area contributed by atoms with Crippen molar-refractivity contribution in [1.82, 2.24) is 9.80 Å². The summed E-state index contributed by atoms with van der Waals surface area (Å²) in [5.41, 5.74) is 2.84. The standard InChI is InChI=1S/C29H32Cl2N2O2.ClH/c1-32(29(35)22-7-3-2-4-8-22)20-24(23-11-12-26(30)27(31)19-23)15-18-33-16-13-21(14-17-33)25-9-5-6-10-28(25)34;/h2-12,19,21,24,34H,13-18,20H2,1H3;1H/t24-;/m1./s1. The summed E-state index contributed by atoms with van der Waals surface area (Å²) in [6.45, 7) is 3.52. The van der Waals surface area contributed by atoms with Gasteiger partial charge in [-0.1, -0.05) is 65.7 Å². The minimum absolute atomic E-state index is 0. The topological polar surface area (TPSA) is 43.8 Å². The van der Waals surface area contributed by atoms with Gasteiger partial charge < -0.3 is 14.9 Å². The molecule has 1 saturated heterocycles. The number of likely N-dealkylation sites (tertiary alicyclic amines) is 1. The van der Waals surface area contributed by atoms with Crippen molar-refractivity contribution in [3.63, 3.8) is 0 Å². The first kappa shape index (κ1) is 28.3. The van der Waals surface area contributed by atoms with Gasteiger partial charge in [0.1, 0.15) is 5.75 Å². The van der Waals surface area contributed by atoms with Crippen molar-refractivity contribution in [1.29, 1.82) is 0 Å². The predicted molar refractivity (Wildman–Crippen MR) is 151 cm³/mol. The molecule has 4 nitrogen and oxygen atoms in total. The number of phenolic OH excluding ortho intramolecular Hbond substituents is 1. The Morgan fingerprint density at radius 3 is 2.33 bits per heavy atom. The lowest BCUT2D eigenvalue weighted by Crippen LogP contribution is -2.36. The van der Waals surface area contributed by atoms with Crippen LogP contribution in [0.4, 0.5) is 0 Å². The Labute approximate surface area is 230 Å². The third-order valence-corrected chi connectivity index (χ3v) is 7.77. The number of carbonyl (C=O) groups excluding carboxylic acids is 1. The molecule has 0 spiro atoms. The van der Waals surface area contributed by atoms with Crippen LogP contribution in [0.15, 0.2) is 72.8 Å². The first-order valence-electron chi connectivity index (χ1n) is 12.2. The van der Waals surface area contributed by atoms with E-state index in [0.29, 0.717) is 33.8 Å². The van der Waals surface area contributed by atoms with E-state index in [0.717, 1.165) is 50.0 Å². The van der Waals surface area contributed by atoms with Crippen molar-refractivity contribution < 1.29 is 9.90 Å². The highest BCUT2D eigenvalue weighted by Gasteiger charge is 2.25. The van der Waals surface area contributed by atoms with Crippen molar-refractivity contribution in [2.75, 3.05) is 33.2 Å². The Morgan fingerprint density at radius 1 is 1.00 bits per heavy atom. The predicted octanol–water partition coefficient (Wildman–Crippen LogP) is 7.25. The van der Waals surface area contributed by atoms with E-state index in [1.165, 1.54) is 0 Å². The van der Waals surface area contributed by atoms with Gasteiger partial charge in [0.25, 0.3) is 5.91 Å². The van der Waals surface area contributed by atoms with Gasteiger partial charge in [-0.15, -0.1) is 12.4 Å². The molecule has 1 heterocycles. The third-order valence-electron chi connectivity index (χ3n) is 7.03. The minimum Gasteiger partial charge on any atom is -0.508 e. The summed E-state index contributed by atoms with van der Waals surface area (Å²) < 4.78 is 0. The number of benzene rings is 3. The van der Waals surface area contributed by atoms with Crippen molar-refractivity contribution in [3.05, 3.63) is 99.5 Å². The van der Waals surface area contributed by atoms with E-state index in [2.05, 4.69) is 4.90 Å². The van der Waals surface area contributed by atoms with Crippen LogP contribution in [-0.4, -0.2) is 54.0 Å². The Bertz CT molecular complexity index is 1130. The maximum Gasteiger partial charge on any atom is 0.253 e. The second-order valence-electron chi connectivity index (χ2n) is 9.39.